The Kier molecular flexibility index (Phi) is 4.02. The van der Waals surface area contributed by atoms with Crippen molar-refractivity contribution in [2.75, 3.05) is 26.2 Å². The molecule has 1 aliphatic heterocycles. The van der Waals surface area contributed by atoms with E-state index in [0.29, 0.717) is 5.92 Å². The van der Waals surface area contributed by atoms with Gasteiger partial charge in [0.15, 0.2) is 0 Å². The molecule has 0 spiro atoms. The number of hydrogen-bond donors (Lipinski definition) is 0. The van der Waals surface area contributed by atoms with Crippen LogP contribution in [0.15, 0.2) is 6.07 Å². The van der Waals surface area contributed by atoms with Crippen LogP contribution in [0.2, 0.25) is 0 Å². The molecule has 2 heterocycles. The molecule has 5 nitrogen and oxygen atoms in total. The second kappa shape index (κ2) is 5.79. The first-order valence-corrected chi connectivity index (χ1v) is 8.21. The van der Waals surface area contributed by atoms with Crippen LogP contribution < -0.4 is 0 Å². The molecule has 1 aromatic rings. The SMILES string of the molecule is CCn1nc(C(C)C)cc1C(=O)N1CCN(C2CC2)CC1. The number of hydrogen-bond acceptors (Lipinski definition) is 3. The molecular weight excluding hydrogens is 264 g/mol. The third-order valence-electron chi connectivity index (χ3n) is 4.57. The van der Waals surface area contributed by atoms with E-state index < -0.39 is 0 Å². The highest BCUT2D eigenvalue weighted by Gasteiger charge is 2.33. The van der Waals surface area contributed by atoms with Crippen LogP contribution in [-0.2, 0) is 6.54 Å². The van der Waals surface area contributed by atoms with Gasteiger partial charge in [-0.15, -0.1) is 0 Å². The van der Waals surface area contributed by atoms with Crippen LogP contribution >= 0.6 is 0 Å². The average molecular weight is 290 g/mol. The number of nitrogens with zero attached hydrogens (tertiary/aromatic N) is 4. The minimum Gasteiger partial charge on any atom is -0.335 e. The quantitative estimate of drug-likeness (QED) is 0.851. The van der Waals surface area contributed by atoms with E-state index in [-0.39, 0.29) is 5.91 Å². The molecule has 1 saturated heterocycles. The molecule has 2 aliphatic rings. The number of carbonyl (C=O) groups excluding carboxylic acids is 1. The van der Waals surface area contributed by atoms with Gasteiger partial charge in [-0.2, -0.15) is 5.10 Å². The molecule has 1 aromatic heterocycles. The number of amides is 1. The molecule has 0 N–H and O–H groups in total. The van der Waals surface area contributed by atoms with Gasteiger partial charge in [-0.05, 0) is 31.7 Å². The number of piperazine rings is 1. The van der Waals surface area contributed by atoms with Crippen molar-refractivity contribution < 1.29 is 4.79 Å². The van der Waals surface area contributed by atoms with Crippen LogP contribution in [0, 0.1) is 0 Å². The summed E-state index contributed by atoms with van der Waals surface area (Å²) in [5.41, 5.74) is 1.76. The van der Waals surface area contributed by atoms with Crippen LogP contribution in [0.3, 0.4) is 0 Å². The van der Waals surface area contributed by atoms with Crippen molar-refractivity contribution in [2.45, 2.75) is 52.1 Å². The lowest BCUT2D eigenvalue weighted by Crippen LogP contribution is -2.49. The van der Waals surface area contributed by atoms with E-state index in [1.807, 2.05) is 22.6 Å². The molecule has 1 aliphatic carbocycles. The Morgan fingerprint density at radius 2 is 1.95 bits per heavy atom. The zero-order valence-corrected chi connectivity index (χ0v) is 13.4. The maximum atomic E-state index is 12.8. The molecule has 0 unspecified atom stereocenters. The molecule has 0 aromatic carbocycles. The smallest absolute Gasteiger partial charge is 0.272 e. The summed E-state index contributed by atoms with van der Waals surface area (Å²) in [5, 5.41) is 4.56. The van der Waals surface area contributed by atoms with Crippen molar-refractivity contribution in [3.63, 3.8) is 0 Å². The van der Waals surface area contributed by atoms with Crippen LogP contribution in [-0.4, -0.2) is 57.7 Å². The van der Waals surface area contributed by atoms with E-state index in [1.54, 1.807) is 0 Å². The minimum atomic E-state index is 0.145. The molecule has 1 amide bonds. The molecule has 21 heavy (non-hydrogen) atoms. The van der Waals surface area contributed by atoms with Gasteiger partial charge in [-0.1, -0.05) is 13.8 Å². The highest BCUT2D eigenvalue weighted by Crippen LogP contribution is 2.27. The summed E-state index contributed by atoms with van der Waals surface area (Å²) in [6.45, 7) is 10.8. The van der Waals surface area contributed by atoms with E-state index in [1.165, 1.54) is 12.8 Å². The van der Waals surface area contributed by atoms with Crippen LogP contribution in [0.4, 0.5) is 0 Å². The van der Waals surface area contributed by atoms with E-state index in [4.69, 9.17) is 0 Å². The standard InChI is InChI=1S/C16H26N4O/c1-4-20-15(11-14(17-20)12(2)3)16(21)19-9-7-18(8-10-19)13-5-6-13/h11-13H,4-10H2,1-3H3. The Hall–Kier alpha value is -1.36. The molecule has 0 atom stereocenters. The Labute approximate surface area is 126 Å². The van der Waals surface area contributed by atoms with Crippen molar-refractivity contribution in [3.8, 4) is 0 Å². The molecular formula is C16H26N4O. The van der Waals surface area contributed by atoms with Crippen molar-refractivity contribution in [2.24, 2.45) is 0 Å². The van der Waals surface area contributed by atoms with E-state index in [9.17, 15) is 4.79 Å². The first-order chi connectivity index (χ1) is 10.1. The Morgan fingerprint density at radius 3 is 2.48 bits per heavy atom. The summed E-state index contributed by atoms with van der Waals surface area (Å²) in [4.78, 5) is 17.3. The highest BCUT2D eigenvalue weighted by molar-refractivity contribution is 5.92. The molecule has 116 valence electrons. The molecule has 0 bridgehead atoms. The predicted molar refractivity (Wildman–Crippen MR) is 82.5 cm³/mol. The van der Waals surface area contributed by atoms with Crippen molar-refractivity contribution >= 4 is 5.91 Å². The molecule has 0 radical (unpaired) electrons. The number of carbonyl (C=O) groups is 1. The second-order valence-electron chi connectivity index (χ2n) is 6.48. The number of rotatable bonds is 4. The van der Waals surface area contributed by atoms with Crippen molar-refractivity contribution in [3.05, 3.63) is 17.5 Å². The lowest BCUT2D eigenvalue weighted by Gasteiger charge is -2.34. The van der Waals surface area contributed by atoms with Crippen LogP contribution in [0.5, 0.6) is 0 Å². The fourth-order valence-corrected chi connectivity index (χ4v) is 3.02. The molecule has 2 fully saturated rings. The van der Waals surface area contributed by atoms with Gasteiger partial charge in [-0.3, -0.25) is 14.4 Å². The molecule has 1 saturated carbocycles. The van der Waals surface area contributed by atoms with Crippen molar-refractivity contribution in [1.29, 1.82) is 0 Å². The zero-order valence-electron chi connectivity index (χ0n) is 13.4. The molecule has 5 heteroatoms. The maximum absolute atomic E-state index is 12.8. The monoisotopic (exact) mass is 290 g/mol. The topological polar surface area (TPSA) is 41.4 Å². The minimum absolute atomic E-state index is 0.145. The largest absolute Gasteiger partial charge is 0.335 e. The maximum Gasteiger partial charge on any atom is 0.272 e. The number of aromatic nitrogens is 2. The van der Waals surface area contributed by atoms with Gasteiger partial charge in [0.2, 0.25) is 0 Å². The third kappa shape index (κ3) is 2.98. The van der Waals surface area contributed by atoms with E-state index in [0.717, 1.165) is 50.2 Å². The summed E-state index contributed by atoms with van der Waals surface area (Å²) in [7, 11) is 0. The van der Waals surface area contributed by atoms with Gasteiger partial charge in [0.25, 0.3) is 5.91 Å². The van der Waals surface area contributed by atoms with E-state index in [2.05, 4.69) is 23.8 Å². The summed E-state index contributed by atoms with van der Waals surface area (Å²) >= 11 is 0. The Balaban J connectivity index is 1.69. The summed E-state index contributed by atoms with van der Waals surface area (Å²) in [5.74, 6) is 0.503. The molecule has 3 rings (SSSR count). The van der Waals surface area contributed by atoms with E-state index >= 15 is 0 Å². The fraction of sp³-hybridized carbons (Fsp3) is 0.750. The zero-order chi connectivity index (χ0) is 15.0. The highest BCUT2D eigenvalue weighted by atomic mass is 16.2. The van der Waals surface area contributed by atoms with Gasteiger partial charge in [0.05, 0.1) is 5.69 Å². The van der Waals surface area contributed by atoms with Gasteiger partial charge >= 0.3 is 0 Å². The summed E-state index contributed by atoms with van der Waals surface area (Å²) < 4.78 is 1.85. The second-order valence-corrected chi connectivity index (χ2v) is 6.48. The fourth-order valence-electron chi connectivity index (χ4n) is 3.02. The lowest BCUT2D eigenvalue weighted by atomic mass is 10.1. The van der Waals surface area contributed by atoms with Gasteiger partial charge in [-0.25, -0.2) is 0 Å². The summed E-state index contributed by atoms with van der Waals surface area (Å²) in [6.07, 6.45) is 2.68. The van der Waals surface area contributed by atoms with Gasteiger partial charge in [0.1, 0.15) is 5.69 Å². The number of aryl methyl sites for hydroxylation is 1. The summed E-state index contributed by atoms with van der Waals surface area (Å²) in [6, 6.07) is 2.78. The lowest BCUT2D eigenvalue weighted by molar-refractivity contribution is 0.0615. The van der Waals surface area contributed by atoms with Gasteiger partial charge in [0, 0.05) is 38.8 Å². The van der Waals surface area contributed by atoms with Gasteiger partial charge < -0.3 is 4.90 Å². The third-order valence-corrected chi connectivity index (χ3v) is 4.57. The van der Waals surface area contributed by atoms with Crippen molar-refractivity contribution in [1.82, 2.24) is 19.6 Å². The van der Waals surface area contributed by atoms with Crippen LogP contribution in [0.25, 0.3) is 0 Å². The predicted octanol–water partition coefficient (Wildman–Crippen LogP) is 1.95. The Morgan fingerprint density at radius 1 is 1.29 bits per heavy atom. The Bertz CT molecular complexity index is 510. The van der Waals surface area contributed by atoms with Crippen LogP contribution in [0.1, 0.15) is 55.7 Å². The first kappa shape index (κ1) is 14.6. The first-order valence-electron chi connectivity index (χ1n) is 8.21. The average Bonchev–Trinajstić information content (AvgIpc) is 3.25. The normalized spacial score (nSPS) is 20.3.